The van der Waals surface area contributed by atoms with Crippen LogP contribution in [0.4, 0.5) is 18.9 Å². The van der Waals surface area contributed by atoms with Crippen LogP contribution in [0.5, 0.6) is 0 Å². The smallest absolute Gasteiger partial charge is 0.280 e. The fraction of sp³-hybridized carbons (Fsp3) is 0.125. The molecule has 0 aliphatic heterocycles. The molecule has 0 saturated carbocycles. The molecule has 0 aliphatic carbocycles. The first kappa shape index (κ1) is 19.2. The molecular weight excluding hydrogens is 378 g/mol. The van der Waals surface area contributed by atoms with Gasteiger partial charge in [0.25, 0.3) is 0 Å². The molecular formula is C16H12Cl2F3N3O. The number of nitrogens with one attached hydrogen (secondary N) is 1. The Hall–Kier alpha value is -2.09. The van der Waals surface area contributed by atoms with Crippen LogP contribution in [0.2, 0.25) is 10.0 Å². The highest BCUT2D eigenvalue weighted by Gasteiger charge is 2.31. The van der Waals surface area contributed by atoms with Crippen LogP contribution >= 0.6 is 23.2 Å². The maximum Gasteiger partial charge on any atom is 0.417 e. The predicted molar refractivity (Wildman–Crippen MR) is 92.0 cm³/mol. The SMILES string of the molecule is CON/C=C(\C=Nc1ccc(Cl)cc1)c1ncc(C(F)(F)F)cc1Cl. The largest absolute Gasteiger partial charge is 0.417 e. The third-order valence-corrected chi connectivity index (χ3v) is 3.49. The van der Waals surface area contributed by atoms with Crippen molar-refractivity contribution in [3.63, 3.8) is 0 Å². The summed E-state index contributed by atoms with van der Waals surface area (Å²) >= 11 is 11.8. The number of aromatic nitrogens is 1. The van der Waals surface area contributed by atoms with Gasteiger partial charge in [0.15, 0.2) is 0 Å². The standard InChI is InChI=1S/C16H12Cl2F3N3O/c1-25-24-8-10(7-22-13-4-2-12(17)3-5-13)15-14(18)6-11(9-23-15)16(19,20)21/h2-9,24H,1H3/b10-8+,22-7?. The average Bonchev–Trinajstić information content (AvgIpc) is 2.56. The monoisotopic (exact) mass is 389 g/mol. The van der Waals surface area contributed by atoms with Crippen LogP contribution < -0.4 is 5.48 Å². The van der Waals surface area contributed by atoms with Crippen LogP contribution in [0.3, 0.4) is 0 Å². The molecule has 0 radical (unpaired) electrons. The van der Waals surface area contributed by atoms with Gasteiger partial charge in [-0.05, 0) is 30.3 Å². The maximum atomic E-state index is 12.7. The van der Waals surface area contributed by atoms with E-state index in [4.69, 9.17) is 28.0 Å². The summed E-state index contributed by atoms with van der Waals surface area (Å²) in [5.74, 6) is 0. The number of halogens is 5. The molecule has 0 fully saturated rings. The number of aliphatic imine (C=N–C) groups is 1. The van der Waals surface area contributed by atoms with E-state index in [2.05, 4.69) is 15.5 Å². The lowest BCUT2D eigenvalue weighted by Gasteiger charge is -2.10. The van der Waals surface area contributed by atoms with E-state index in [1.165, 1.54) is 19.5 Å². The summed E-state index contributed by atoms with van der Waals surface area (Å²) in [7, 11) is 1.38. The second-order valence-corrected chi connectivity index (χ2v) is 5.55. The highest BCUT2D eigenvalue weighted by Crippen LogP contribution is 2.32. The van der Waals surface area contributed by atoms with E-state index in [0.717, 1.165) is 6.07 Å². The van der Waals surface area contributed by atoms with Crippen LogP contribution in [0.1, 0.15) is 11.3 Å². The fourth-order valence-corrected chi connectivity index (χ4v) is 2.17. The molecule has 25 heavy (non-hydrogen) atoms. The molecule has 2 rings (SSSR count). The minimum Gasteiger partial charge on any atom is -0.280 e. The second kappa shape index (κ2) is 8.33. The normalized spacial score (nSPS) is 12.6. The average molecular weight is 390 g/mol. The van der Waals surface area contributed by atoms with Gasteiger partial charge >= 0.3 is 6.18 Å². The van der Waals surface area contributed by atoms with Gasteiger partial charge < -0.3 is 0 Å². The zero-order valence-electron chi connectivity index (χ0n) is 12.8. The Balaban J connectivity index is 2.36. The quantitative estimate of drug-likeness (QED) is 0.557. The van der Waals surface area contributed by atoms with Crippen LogP contribution in [0.25, 0.3) is 5.57 Å². The molecule has 0 aliphatic rings. The topological polar surface area (TPSA) is 46.5 Å². The first-order valence-corrected chi connectivity index (χ1v) is 7.58. The lowest BCUT2D eigenvalue weighted by atomic mass is 10.1. The molecule has 9 heteroatoms. The molecule has 1 N–H and O–H groups in total. The van der Waals surface area contributed by atoms with Crippen molar-refractivity contribution in [1.82, 2.24) is 10.5 Å². The van der Waals surface area contributed by atoms with Crippen molar-refractivity contribution in [3.05, 3.63) is 64.0 Å². The van der Waals surface area contributed by atoms with Crippen LogP contribution in [-0.4, -0.2) is 18.3 Å². The van der Waals surface area contributed by atoms with Crippen molar-refractivity contribution >= 4 is 40.7 Å². The Labute approximate surface area is 151 Å². The highest BCUT2D eigenvalue weighted by atomic mass is 35.5. The Kier molecular flexibility index (Phi) is 6.41. The molecule has 0 spiro atoms. The van der Waals surface area contributed by atoms with E-state index in [-0.39, 0.29) is 10.7 Å². The van der Waals surface area contributed by atoms with Gasteiger partial charge in [0.05, 0.1) is 29.1 Å². The number of benzene rings is 1. The van der Waals surface area contributed by atoms with E-state index < -0.39 is 11.7 Å². The molecule has 0 atom stereocenters. The van der Waals surface area contributed by atoms with E-state index in [9.17, 15) is 13.2 Å². The Morgan fingerprint density at radius 2 is 1.92 bits per heavy atom. The highest BCUT2D eigenvalue weighted by molar-refractivity contribution is 6.33. The molecule has 1 aromatic heterocycles. The summed E-state index contributed by atoms with van der Waals surface area (Å²) in [5, 5.41) is 0.393. The van der Waals surface area contributed by atoms with Crippen molar-refractivity contribution in [2.45, 2.75) is 6.18 Å². The summed E-state index contributed by atoms with van der Waals surface area (Å²) in [6.07, 6.45) is -1.04. The second-order valence-electron chi connectivity index (χ2n) is 4.71. The number of hydroxylamine groups is 1. The lowest BCUT2D eigenvalue weighted by molar-refractivity contribution is -0.137. The molecule has 4 nitrogen and oxygen atoms in total. The minimum absolute atomic E-state index is 0.122. The van der Waals surface area contributed by atoms with Crippen LogP contribution in [0, 0.1) is 0 Å². The van der Waals surface area contributed by atoms with Gasteiger partial charge in [0.2, 0.25) is 0 Å². The summed E-state index contributed by atoms with van der Waals surface area (Å²) in [6.45, 7) is 0. The molecule has 1 heterocycles. The van der Waals surface area contributed by atoms with Gasteiger partial charge in [-0.1, -0.05) is 23.2 Å². The van der Waals surface area contributed by atoms with Gasteiger partial charge in [-0.3, -0.25) is 20.3 Å². The number of hydrogen-bond acceptors (Lipinski definition) is 4. The first-order chi connectivity index (χ1) is 11.8. The van der Waals surface area contributed by atoms with E-state index >= 15 is 0 Å². The number of nitrogens with zero attached hydrogens (tertiary/aromatic N) is 2. The third kappa shape index (κ3) is 5.45. The van der Waals surface area contributed by atoms with Gasteiger partial charge in [0.1, 0.15) is 0 Å². The molecule has 0 saturated heterocycles. The van der Waals surface area contributed by atoms with Crippen molar-refractivity contribution in [2.75, 3.05) is 7.11 Å². The number of rotatable bonds is 5. The summed E-state index contributed by atoms with van der Waals surface area (Å²) in [6, 6.07) is 7.49. The fourth-order valence-electron chi connectivity index (χ4n) is 1.77. The number of pyridine rings is 1. The zero-order valence-corrected chi connectivity index (χ0v) is 14.3. The van der Waals surface area contributed by atoms with Crippen molar-refractivity contribution in [2.24, 2.45) is 4.99 Å². The molecule has 1 aromatic carbocycles. The predicted octanol–water partition coefficient (Wildman–Crippen LogP) is 5.30. The third-order valence-electron chi connectivity index (χ3n) is 2.95. The molecule has 132 valence electrons. The molecule has 0 unspecified atom stereocenters. The Morgan fingerprint density at radius 1 is 1.24 bits per heavy atom. The van der Waals surface area contributed by atoms with Crippen molar-refractivity contribution in [1.29, 1.82) is 0 Å². The number of hydrogen-bond donors (Lipinski definition) is 1. The Bertz CT molecular complexity index is 790. The van der Waals surface area contributed by atoms with Crippen molar-refractivity contribution in [3.8, 4) is 0 Å². The van der Waals surface area contributed by atoms with Crippen LogP contribution in [-0.2, 0) is 11.0 Å². The van der Waals surface area contributed by atoms with Gasteiger partial charge in [-0.15, -0.1) is 0 Å². The molecule has 0 bridgehead atoms. The Morgan fingerprint density at radius 3 is 2.48 bits per heavy atom. The van der Waals surface area contributed by atoms with Gasteiger partial charge in [0, 0.05) is 29.2 Å². The van der Waals surface area contributed by atoms with E-state index in [1.54, 1.807) is 24.3 Å². The zero-order chi connectivity index (χ0) is 18.4. The summed E-state index contributed by atoms with van der Waals surface area (Å²) in [5.41, 5.74) is 2.58. The first-order valence-electron chi connectivity index (χ1n) is 6.82. The van der Waals surface area contributed by atoms with Crippen molar-refractivity contribution < 1.29 is 18.0 Å². The van der Waals surface area contributed by atoms with Gasteiger partial charge in [-0.25, -0.2) is 0 Å². The lowest BCUT2D eigenvalue weighted by Crippen LogP contribution is -2.08. The summed E-state index contributed by atoms with van der Waals surface area (Å²) in [4.78, 5) is 12.7. The number of allylic oxidation sites excluding steroid dienone is 1. The minimum atomic E-state index is -4.53. The molecule has 0 amide bonds. The van der Waals surface area contributed by atoms with E-state index in [1.807, 2.05) is 0 Å². The van der Waals surface area contributed by atoms with Crippen LogP contribution in [0.15, 0.2) is 47.7 Å². The number of alkyl halides is 3. The molecule has 2 aromatic rings. The summed E-state index contributed by atoms with van der Waals surface area (Å²) < 4.78 is 38.2. The van der Waals surface area contributed by atoms with E-state index in [0.29, 0.717) is 22.5 Å². The maximum absolute atomic E-state index is 12.7. The van der Waals surface area contributed by atoms with Gasteiger partial charge in [-0.2, -0.15) is 13.2 Å².